The van der Waals surface area contributed by atoms with E-state index in [9.17, 15) is 4.39 Å². The third-order valence-corrected chi connectivity index (χ3v) is 2.70. The van der Waals surface area contributed by atoms with Crippen molar-refractivity contribution in [1.29, 1.82) is 0 Å². The van der Waals surface area contributed by atoms with Gasteiger partial charge in [0.25, 0.3) is 0 Å². The molecule has 1 unspecified atom stereocenters. The summed E-state index contributed by atoms with van der Waals surface area (Å²) in [5, 5.41) is 0. The van der Waals surface area contributed by atoms with Crippen LogP contribution in [0.2, 0.25) is 0 Å². The van der Waals surface area contributed by atoms with E-state index in [4.69, 9.17) is 5.73 Å². The monoisotopic (exact) mass is 207 g/mol. The summed E-state index contributed by atoms with van der Waals surface area (Å²) < 4.78 is 13.5. The first-order valence-corrected chi connectivity index (χ1v) is 4.94. The molecule has 1 heterocycles. The van der Waals surface area contributed by atoms with E-state index >= 15 is 0 Å². The summed E-state index contributed by atoms with van der Waals surface area (Å²) >= 11 is 0. The Morgan fingerprint density at radius 1 is 1.47 bits per heavy atom. The zero-order valence-electron chi connectivity index (χ0n) is 8.65. The SMILES string of the molecule is CN1CC(c2ccccc2F)CN=C1N. The minimum atomic E-state index is -0.161. The first-order valence-electron chi connectivity index (χ1n) is 4.94. The van der Waals surface area contributed by atoms with E-state index in [0.717, 1.165) is 12.1 Å². The molecule has 1 aliphatic rings. The molecular formula is C11H14FN3. The molecule has 4 heteroatoms. The second-order valence-electron chi connectivity index (χ2n) is 3.80. The molecule has 0 aromatic heterocycles. The first kappa shape index (κ1) is 9.96. The second-order valence-corrected chi connectivity index (χ2v) is 3.80. The fourth-order valence-electron chi connectivity index (χ4n) is 1.81. The van der Waals surface area contributed by atoms with Crippen molar-refractivity contribution < 1.29 is 4.39 Å². The summed E-state index contributed by atoms with van der Waals surface area (Å²) in [6.07, 6.45) is 0. The van der Waals surface area contributed by atoms with Crippen molar-refractivity contribution >= 4 is 5.96 Å². The van der Waals surface area contributed by atoms with Gasteiger partial charge in [-0.3, -0.25) is 4.99 Å². The molecule has 0 fully saturated rings. The zero-order chi connectivity index (χ0) is 10.8. The van der Waals surface area contributed by atoms with Gasteiger partial charge in [0.15, 0.2) is 5.96 Å². The maximum atomic E-state index is 13.5. The van der Waals surface area contributed by atoms with E-state index in [1.54, 1.807) is 6.07 Å². The van der Waals surface area contributed by atoms with Crippen molar-refractivity contribution in [3.05, 3.63) is 35.6 Å². The van der Waals surface area contributed by atoms with Crippen molar-refractivity contribution in [2.75, 3.05) is 20.1 Å². The fraction of sp³-hybridized carbons (Fsp3) is 0.364. The van der Waals surface area contributed by atoms with Crippen molar-refractivity contribution in [3.8, 4) is 0 Å². The van der Waals surface area contributed by atoms with Crippen LogP contribution in [0.4, 0.5) is 4.39 Å². The van der Waals surface area contributed by atoms with Gasteiger partial charge in [-0.1, -0.05) is 18.2 Å². The van der Waals surface area contributed by atoms with Gasteiger partial charge >= 0.3 is 0 Å². The predicted molar refractivity (Wildman–Crippen MR) is 58.3 cm³/mol. The Bertz CT molecular complexity index is 389. The van der Waals surface area contributed by atoms with Crippen LogP contribution in [0.15, 0.2) is 29.3 Å². The van der Waals surface area contributed by atoms with Gasteiger partial charge in [0, 0.05) is 19.5 Å². The molecule has 1 atom stereocenters. The van der Waals surface area contributed by atoms with Crippen LogP contribution in [0.5, 0.6) is 0 Å². The van der Waals surface area contributed by atoms with Crippen LogP contribution in [0.1, 0.15) is 11.5 Å². The molecule has 0 saturated heterocycles. The predicted octanol–water partition coefficient (Wildman–Crippen LogP) is 1.17. The molecule has 1 aromatic rings. The summed E-state index contributed by atoms with van der Waals surface area (Å²) in [7, 11) is 1.87. The smallest absolute Gasteiger partial charge is 0.191 e. The summed E-state index contributed by atoms with van der Waals surface area (Å²) in [4.78, 5) is 6.01. The zero-order valence-corrected chi connectivity index (χ0v) is 8.65. The van der Waals surface area contributed by atoms with Crippen molar-refractivity contribution in [2.45, 2.75) is 5.92 Å². The van der Waals surface area contributed by atoms with Crippen LogP contribution in [0, 0.1) is 5.82 Å². The summed E-state index contributed by atoms with van der Waals surface area (Å²) in [6.45, 7) is 1.29. The lowest BCUT2D eigenvalue weighted by atomic mass is 9.97. The lowest BCUT2D eigenvalue weighted by Gasteiger charge is -2.29. The molecule has 0 spiro atoms. The Labute approximate surface area is 88.4 Å². The topological polar surface area (TPSA) is 41.6 Å². The lowest BCUT2D eigenvalue weighted by molar-refractivity contribution is 0.413. The van der Waals surface area contributed by atoms with Gasteiger partial charge in [-0.05, 0) is 11.6 Å². The highest BCUT2D eigenvalue weighted by atomic mass is 19.1. The molecule has 3 nitrogen and oxygen atoms in total. The van der Waals surface area contributed by atoms with E-state index in [2.05, 4.69) is 4.99 Å². The van der Waals surface area contributed by atoms with Crippen LogP contribution >= 0.6 is 0 Å². The molecule has 0 aliphatic carbocycles. The fourth-order valence-corrected chi connectivity index (χ4v) is 1.81. The molecule has 0 amide bonds. The first-order chi connectivity index (χ1) is 7.18. The number of nitrogens with zero attached hydrogens (tertiary/aromatic N) is 2. The Hall–Kier alpha value is -1.58. The Morgan fingerprint density at radius 2 is 2.20 bits per heavy atom. The molecule has 0 bridgehead atoms. The van der Waals surface area contributed by atoms with Gasteiger partial charge in [-0.15, -0.1) is 0 Å². The molecule has 1 aromatic carbocycles. The number of guanidine groups is 1. The summed E-state index contributed by atoms with van der Waals surface area (Å²) in [5.74, 6) is 0.470. The van der Waals surface area contributed by atoms with E-state index in [0.29, 0.717) is 12.5 Å². The third kappa shape index (κ3) is 1.93. The maximum absolute atomic E-state index is 13.5. The van der Waals surface area contributed by atoms with Gasteiger partial charge in [-0.25, -0.2) is 4.39 Å². The molecule has 15 heavy (non-hydrogen) atoms. The summed E-state index contributed by atoms with van der Waals surface area (Å²) in [6, 6.07) is 6.84. The van der Waals surface area contributed by atoms with Gasteiger partial charge < -0.3 is 10.6 Å². The van der Waals surface area contributed by atoms with Gasteiger partial charge in [0.2, 0.25) is 0 Å². The normalized spacial score (nSPS) is 21.3. The largest absolute Gasteiger partial charge is 0.370 e. The maximum Gasteiger partial charge on any atom is 0.191 e. The Balaban J connectivity index is 2.24. The highest BCUT2D eigenvalue weighted by Gasteiger charge is 2.21. The average Bonchev–Trinajstić information content (AvgIpc) is 2.23. The highest BCUT2D eigenvalue weighted by Crippen LogP contribution is 2.22. The van der Waals surface area contributed by atoms with Crippen LogP contribution in [0.3, 0.4) is 0 Å². The molecule has 0 radical (unpaired) electrons. The van der Waals surface area contributed by atoms with Gasteiger partial charge in [0.05, 0.1) is 6.54 Å². The number of nitrogens with two attached hydrogens (primary N) is 1. The van der Waals surface area contributed by atoms with Crippen molar-refractivity contribution in [3.63, 3.8) is 0 Å². The van der Waals surface area contributed by atoms with Crippen molar-refractivity contribution in [2.24, 2.45) is 10.7 Å². The quantitative estimate of drug-likeness (QED) is 0.751. The number of rotatable bonds is 1. The molecule has 0 saturated carbocycles. The standard InChI is InChI=1S/C11H14FN3/c1-15-7-8(6-14-11(15)13)9-4-2-3-5-10(9)12/h2-5,8H,6-7H2,1H3,(H2,13,14). The van der Waals surface area contributed by atoms with Crippen LogP contribution in [-0.2, 0) is 0 Å². The van der Waals surface area contributed by atoms with E-state index in [1.807, 2.05) is 24.1 Å². The Morgan fingerprint density at radius 3 is 2.87 bits per heavy atom. The second kappa shape index (κ2) is 3.88. The third-order valence-electron chi connectivity index (χ3n) is 2.70. The minimum Gasteiger partial charge on any atom is -0.370 e. The average molecular weight is 207 g/mol. The molecule has 2 N–H and O–H groups in total. The number of aliphatic imine (C=N–C) groups is 1. The number of likely N-dealkylation sites (N-methyl/N-ethyl adjacent to an activating group) is 1. The van der Waals surface area contributed by atoms with Gasteiger partial charge in [-0.2, -0.15) is 0 Å². The lowest BCUT2D eigenvalue weighted by Crippen LogP contribution is -2.41. The molecule has 1 aliphatic heterocycles. The van der Waals surface area contributed by atoms with Crippen molar-refractivity contribution in [1.82, 2.24) is 4.90 Å². The van der Waals surface area contributed by atoms with Crippen LogP contribution in [0.25, 0.3) is 0 Å². The van der Waals surface area contributed by atoms with Crippen LogP contribution in [-0.4, -0.2) is 31.0 Å². The number of halogens is 1. The minimum absolute atomic E-state index is 0.100. The van der Waals surface area contributed by atoms with Crippen LogP contribution < -0.4 is 5.73 Å². The highest BCUT2D eigenvalue weighted by molar-refractivity contribution is 5.78. The van der Waals surface area contributed by atoms with E-state index < -0.39 is 0 Å². The van der Waals surface area contributed by atoms with E-state index in [-0.39, 0.29) is 11.7 Å². The molecule has 80 valence electrons. The summed E-state index contributed by atoms with van der Waals surface area (Å²) in [5.41, 5.74) is 6.36. The number of hydrogen-bond donors (Lipinski definition) is 1. The Kier molecular flexibility index (Phi) is 2.58. The van der Waals surface area contributed by atoms with E-state index in [1.165, 1.54) is 6.07 Å². The number of benzene rings is 1. The van der Waals surface area contributed by atoms with Gasteiger partial charge in [0.1, 0.15) is 5.82 Å². The number of hydrogen-bond acceptors (Lipinski definition) is 3. The molecular weight excluding hydrogens is 193 g/mol. The molecule has 2 rings (SSSR count).